The summed E-state index contributed by atoms with van der Waals surface area (Å²) in [6.45, 7) is 4.85. The quantitative estimate of drug-likeness (QED) is 0.172. The SMILES string of the molecule is CC[C@@H]1C[C@@H]2C[C@H](C)CC(c3ccc(-c4ccccc4-c4nc(-c5ccccc5)nc(-c5ccc(-c6ccc(C#N)cc6)cc5)n4)cc3)(C1)C2. The third-order valence-electron chi connectivity index (χ3n) is 11.2. The van der Waals surface area contributed by atoms with Crippen LogP contribution in [0.4, 0.5) is 0 Å². The third-order valence-corrected chi connectivity index (χ3v) is 11.2. The maximum Gasteiger partial charge on any atom is 0.164 e. The number of nitrogens with zero attached hydrogens (tertiary/aromatic N) is 4. The van der Waals surface area contributed by atoms with Crippen LogP contribution in [0.25, 0.3) is 56.4 Å². The van der Waals surface area contributed by atoms with Crippen molar-refractivity contribution >= 4 is 0 Å². The highest BCUT2D eigenvalue weighted by molar-refractivity contribution is 5.82. The standard InChI is InChI=1S/C46H42N4/c1-3-32-26-34-25-31(2)27-46(28-32,29-34)40-23-21-37(22-24-40)41-11-7-8-12-42(41)45-49-43(38-9-5-4-6-10-38)48-44(50-45)39-19-17-36(18-20-39)35-15-13-33(30-47)14-16-35/h4-24,31-32,34H,3,25-29H2,1-2H3/t31-,32+,34-,46?/m0/s1. The molecule has 1 unspecified atom stereocenters. The Balaban J connectivity index is 1.17. The minimum Gasteiger partial charge on any atom is -0.208 e. The topological polar surface area (TPSA) is 62.5 Å². The summed E-state index contributed by atoms with van der Waals surface area (Å²) in [5.41, 5.74) is 9.76. The van der Waals surface area contributed by atoms with Crippen LogP contribution in [-0.2, 0) is 5.41 Å². The van der Waals surface area contributed by atoms with Crippen LogP contribution in [0.15, 0.2) is 127 Å². The van der Waals surface area contributed by atoms with E-state index < -0.39 is 0 Å². The van der Waals surface area contributed by atoms with Crippen molar-refractivity contribution in [2.24, 2.45) is 17.8 Å². The minimum atomic E-state index is 0.308. The van der Waals surface area contributed by atoms with Gasteiger partial charge in [0.15, 0.2) is 17.5 Å². The van der Waals surface area contributed by atoms with Gasteiger partial charge in [0.25, 0.3) is 0 Å². The van der Waals surface area contributed by atoms with Gasteiger partial charge >= 0.3 is 0 Å². The second-order valence-corrected chi connectivity index (χ2v) is 14.7. The zero-order valence-electron chi connectivity index (χ0n) is 28.9. The van der Waals surface area contributed by atoms with E-state index in [2.05, 4.69) is 92.7 Å². The van der Waals surface area contributed by atoms with Crippen LogP contribution >= 0.6 is 0 Å². The van der Waals surface area contributed by atoms with Gasteiger partial charge < -0.3 is 0 Å². The molecule has 0 N–H and O–H groups in total. The van der Waals surface area contributed by atoms with Crippen molar-refractivity contribution in [3.8, 4) is 62.5 Å². The monoisotopic (exact) mass is 650 g/mol. The zero-order chi connectivity index (χ0) is 34.1. The minimum absolute atomic E-state index is 0.308. The summed E-state index contributed by atoms with van der Waals surface area (Å²) in [4.78, 5) is 15.2. The van der Waals surface area contributed by atoms with Crippen molar-refractivity contribution in [2.75, 3.05) is 0 Å². The van der Waals surface area contributed by atoms with Crippen LogP contribution in [0.3, 0.4) is 0 Å². The number of benzene rings is 5. The van der Waals surface area contributed by atoms with Gasteiger partial charge in [-0.15, -0.1) is 0 Å². The number of hydrogen-bond donors (Lipinski definition) is 0. The van der Waals surface area contributed by atoms with E-state index in [4.69, 9.17) is 15.0 Å². The maximum atomic E-state index is 9.20. The van der Waals surface area contributed by atoms with Crippen LogP contribution in [-0.4, -0.2) is 15.0 Å². The summed E-state index contributed by atoms with van der Waals surface area (Å²) >= 11 is 0. The van der Waals surface area contributed by atoms with E-state index in [-0.39, 0.29) is 0 Å². The number of aromatic nitrogens is 3. The van der Waals surface area contributed by atoms with Crippen molar-refractivity contribution in [2.45, 2.75) is 57.8 Å². The molecule has 246 valence electrons. The first-order valence-corrected chi connectivity index (χ1v) is 18.1. The molecule has 4 heteroatoms. The third kappa shape index (κ3) is 6.25. The fourth-order valence-corrected chi connectivity index (χ4v) is 8.98. The molecular formula is C46H42N4. The van der Waals surface area contributed by atoms with E-state index in [0.29, 0.717) is 28.5 Å². The van der Waals surface area contributed by atoms with Gasteiger partial charge in [0.05, 0.1) is 11.6 Å². The Morgan fingerprint density at radius 2 is 1.14 bits per heavy atom. The van der Waals surface area contributed by atoms with E-state index in [0.717, 1.165) is 51.1 Å². The Labute approximate surface area is 296 Å². The molecule has 8 rings (SSSR count). The molecule has 2 aliphatic rings. The van der Waals surface area contributed by atoms with E-state index in [1.807, 2.05) is 54.6 Å². The van der Waals surface area contributed by atoms with Crippen LogP contribution in [0.1, 0.15) is 63.5 Å². The van der Waals surface area contributed by atoms with Gasteiger partial charge in [-0.1, -0.05) is 136 Å². The van der Waals surface area contributed by atoms with Gasteiger partial charge in [0.2, 0.25) is 0 Å². The molecule has 4 atom stereocenters. The van der Waals surface area contributed by atoms with Crippen molar-refractivity contribution in [3.63, 3.8) is 0 Å². The summed E-state index contributed by atoms with van der Waals surface area (Å²) in [5.74, 6) is 4.43. The van der Waals surface area contributed by atoms with Gasteiger partial charge in [-0.2, -0.15) is 5.26 Å². The van der Waals surface area contributed by atoms with Gasteiger partial charge in [-0.25, -0.2) is 15.0 Å². The van der Waals surface area contributed by atoms with Crippen LogP contribution < -0.4 is 0 Å². The molecule has 6 aromatic rings. The lowest BCUT2D eigenvalue weighted by atomic mass is 9.54. The summed E-state index contributed by atoms with van der Waals surface area (Å²) in [7, 11) is 0. The average molecular weight is 651 g/mol. The maximum absolute atomic E-state index is 9.20. The lowest BCUT2D eigenvalue weighted by molar-refractivity contribution is 0.0702. The average Bonchev–Trinajstić information content (AvgIpc) is 3.17. The van der Waals surface area contributed by atoms with Gasteiger partial charge in [0.1, 0.15) is 0 Å². The van der Waals surface area contributed by atoms with Crippen molar-refractivity contribution in [1.29, 1.82) is 5.26 Å². The first-order chi connectivity index (χ1) is 24.5. The van der Waals surface area contributed by atoms with Gasteiger partial charge in [0, 0.05) is 16.7 Å². The normalized spacial score (nSPS) is 21.3. The van der Waals surface area contributed by atoms with E-state index >= 15 is 0 Å². The Kier molecular flexibility index (Phi) is 8.59. The van der Waals surface area contributed by atoms with Gasteiger partial charge in [-0.3, -0.25) is 0 Å². The molecule has 0 radical (unpaired) electrons. The van der Waals surface area contributed by atoms with Crippen molar-refractivity contribution in [3.05, 3.63) is 139 Å². The second kappa shape index (κ2) is 13.5. The fraction of sp³-hybridized carbons (Fsp3) is 0.261. The summed E-state index contributed by atoms with van der Waals surface area (Å²) in [6.07, 6.45) is 8.06. The summed E-state index contributed by atoms with van der Waals surface area (Å²) in [5, 5.41) is 9.20. The molecule has 1 aromatic heterocycles. The molecular weight excluding hydrogens is 609 g/mol. The molecule has 2 saturated carbocycles. The highest BCUT2D eigenvalue weighted by Crippen LogP contribution is 2.55. The highest BCUT2D eigenvalue weighted by atomic mass is 15.0. The van der Waals surface area contributed by atoms with E-state index in [9.17, 15) is 5.26 Å². The Bertz CT molecular complexity index is 2140. The number of fused-ring (bicyclic) bond motifs is 2. The highest BCUT2D eigenvalue weighted by Gasteiger charge is 2.45. The van der Waals surface area contributed by atoms with E-state index in [1.165, 1.54) is 49.7 Å². The molecule has 1 heterocycles. The van der Waals surface area contributed by atoms with E-state index in [1.54, 1.807) is 0 Å². The fourth-order valence-electron chi connectivity index (χ4n) is 8.98. The number of hydrogen-bond acceptors (Lipinski definition) is 4. The molecule has 2 fully saturated rings. The van der Waals surface area contributed by atoms with Crippen LogP contribution in [0.5, 0.6) is 0 Å². The van der Waals surface area contributed by atoms with Gasteiger partial charge in [-0.05, 0) is 95.2 Å². The lowest BCUT2D eigenvalue weighted by Gasteiger charge is -2.51. The predicted molar refractivity (Wildman–Crippen MR) is 203 cm³/mol. The largest absolute Gasteiger partial charge is 0.208 e. The Morgan fingerprint density at radius 3 is 1.80 bits per heavy atom. The molecule has 0 aliphatic heterocycles. The molecule has 0 saturated heterocycles. The molecule has 0 amide bonds. The molecule has 2 bridgehead atoms. The molecule has 4 nitrogen and oxygen atoms in total. The second-order valence-electron chi connectivity index (χ2n) is 14.7. The smallest absolute Gasteiger partial charge is 0.164 e. The Morgan fingerprint density at radius 1 is 0.580 bits per heavy atom. The number of nitriles is 1. The van der Waals surface area contributed by atoms with Crippen LogP contribution in [0.2, 0.25) is 0 Å². The first-order valence-electron chi connectivity index (χ1n) is 18.1. The Hall–Kier alpha value is -5.40. The zero-order valence-corrected chi connectivity index (χ0v) is 28.9. The number of rotatable bonds is 7. The molecule has 0 spiro atoms. The lowest BCUT2D eigenvalue weighted by Crippen LogP contribution is -2.42. The molecule has 50 heavy (non-hydrogen) atoms. The molecule has 5 aromatic carbocycles. The first kappa shape index (κ1) is 31.8. The molecule has 2 aliphatic carbocycles. The van der Waals surface area contributed by atoms with Crippen LogP contribution in [0, 0.1) is 29.1 Å². The predicted octanol–water partition coefficient (Wildman–Crippen LogP) is 11.6. The van der Waals surface area contributed by atoms with Crippen molar-refractivity contribution in [1.82, 2.24) is 15.0 Å². The summed E-state index contributed by atoms with van der Waals surface area (Å²) < 4.78 is 0. The van der Waals surface area contributed by atoms with Crippen molar-refractivity contribution < 1.29 is 0 Å². The summed E-state index contributed by atoms with van der Waals surface area (Å²) in [6, 6.07) is 46.3.